The fraction of sp³-hybridized carbons (Fsp3) is 0.333. The standard InChI is InChI=1S/C24H27N3O2S2/c1-18-25-22(16-30-18)17-31-23-8-4-20(5-9-23)24(28)26-21-6-2-19(3-7-21)10-11-27-12-14-29-15-13-27/h2-9,16H,10-15,17H2,1H3,(H,26,28). The van der Waals surface area contributed by atoms with E-state index in [9.17, 15) is 4.79 Å². The van der Waals surface area contributed by atoms with Crippen molar-refractivity contribution in [1.82, 2.24) is 9.88 Å². The smallest absolute Gasteiger partial charge is 0.255 e. The van der Waals surface area contributed by atoms with Crippen molar-refractivity contribution in [2.75, 3.05) is 38.2 Å². The predicted octanol–water partition coefficient (Wildman–Crippen LogP) is 4.87. The fourth-order valence-electron chi connectivity index (χ4n) is 3.40. The fourth-order valence-corrected chi connectivity index (χ4v) is 4.91. The Morgan fingerprint density at radius 2 is 1.87 bits per heavy atom. The zero-order chi connectivity index (χ0) is 21.5. The largest absolute Gasteiger partial charge is 0.379 e. The molecule has 1 amide bonds. The van der Waals surface area contributed by atoms with E-state index in [4.69, 9.17) is 4.74 Å². The number of ether oxygens (including phenoxy) is 1. The molecule has 0 atom stereocenters. The monoisotopic (exact) mass is 453 g/mol. The summed E-state index contributed by atoms with van der Waals surface area (Å²) in [6, 6.07) is 15.9. The number of anilines is 1. The number of thiazole rings is 1. The van der Waals surface area contributed by atoms with Gasteiger partial charge in [0.2, 0.25) is 0 Å². The Kier molecular flexibility index (Phi) is 7.75. The van der Waals surface area contributed by atoms with Gasteiger partial charge in [-0.1, -0.05) is 12.1 Å². The van der Waals surface area contributed by atoms with E-state index in [1.807, 2.05) is 43.3 Å². The van der Waals surface area contributed by atoms with Crippen LogP contribution in [0.1, 0.15) is 26.6 Å². The second-order valence-electron chi connectivity index (χ2n) is 7.53. The number of carbonyl (C=O) groups is 1. The Morgan fingerprint density at radius 1 is 1.13 bits per heavy atom. The van der Waals surface area contributed by atoms with E-state index in [0.717, 1.165) is 66.3 Å². The van der Waals surface area contributed by atoms with Crippen molar-refractivity contribution < 1.29 is 9.53 Å². The normalized spacial score (nSPS) is 14.5. The molecule has 1 N–H and O–H groups in total. The average molecular weight is 454 g/mol. The molecular formula is C24H27N3O2S2. The molecule has 0 unspecified atom stereocenters. The summed E-state index contributed by atoms with van der Waals surface area (Å²) < 4.78 is 5.39. The van der Waals surface area contributed by atoms with Crippen molar-refractivity contribution in [3.8, 4) is 0 Å². The number of amides is 1. The number of rotatable bonds is 8. The lowest BCUT2D eigenvalue weighted by atomic mass is 10.1. The molecule has 5 nitrogen and oxygen atoms in total. The third-order valence-corrected chi connectivity index (χ3v) is 7.07. The summed E-state index contributed by atoms with van der Waals surface area (Å²) in [4.78, 5) is 20.6. The first-order chi connectivity index (χ1) is 15.2. The molecule has 0 bridgehead atoms. The van der Waals surface area contributed by atoms with E-state index in [1.54, 1.807) is 23.1 Å². The SMILES string of the molecule is Cc1nc(CSc2ccc(C(=O)Nc3ccc(CCN4CCOCC4)cc3)cc2)cs1. The van der Waals surface area contributed by atoms with Gasteiger partial charge >= 0.3 is 0 Å². The lowest BCUT2D eigenvalue weighted by Gasteiger charge is -2.26. The molecule has 2 aromatic carbocycles. The van der Waals surface area contributed by atoms with Gasteiger partial charge in [-0.05, 0) is 55.3 Å². The van der Waals surface area contributed by atoms with Gasteiger partial charge < -0.3 is 10.1 Å². The second kappa shape index (κ2) is 10.9. The Balaban J connectivity index is 1.25. The molecule has 0 aliphatic carbocycles. The summed E-state index contributed by atoms with van der Waals surface area (Å²) in [5.41, 5.74) is 3.85. The van der Waals surface area contributed by atoms with E-state index in [-0.39, 0.29) is 5.91 Å². The molecule has 1 aliphatic rings. The summed E-state index contributed by atoms with van der Waals surface area (Å²) in [7, 11) is 0. The zero-order valence-corrected chi connectivity index (χ0v) is 19.3. The van der Waals surface area contributed by atoms with Crippen molar-refractivity contribution in [3.05, 3.63) is 75.7 Å². The second-order valence-corrected chi connectivity index (χ2v) is 9.64. The van der Waals surface area contributed by atoms with Gasteiger partial charge in [0.05, 0.1) is 23.9 Å². The van der Waals surface area contributed by atoms with Crippen LogP contribution in [-0.2, 0) is 16.9 Å². The van der Waals surface area contributed by atoms with E-state index in [2.05, 4.69) is 32.7 Å². The minimum Gasteiger partial charge on any atom is -0.379 e. The van der Waals surface area contributed by atoms with Gasteiger partial charge in [0.15, 0.2) is 0 Å². The van der Waals surface area contributed by atoms with Crippen molar-refractivity contribution in [1.29, 1.82) is 0 Å². The van der Waals surface area contributed by atoms with E-state index < -0.39 is 0 Å². The van der Waals surface area contributed by atoms with Crippen LogP contribution in [0.4, 0.5) is 5.69 Å². The van der Waals surface area contributed by atoms with Crippen LogP contribution in [0, 0.1) is 6.92 Å². The summed E-state index contributed by atoms with van der Waals surface area (Å²) in [5, 5.41) is 6.18. The minimum absolute atomic E-state index is 0.0901. The van der Waals surface area contributed by atoms with Gasteiger partial charge in [-0.3, -0.25) is 9.69 Å². The molecule has 0 saturated carbocycles. The maximum atomic E-state index is 12.6. The highest BCUT2D eigenvalue weighted by Gasteiger charge is 2.10. The van der Waals surface area contributed by atoms with Crippen molar-refractivity contribution >= 4 is 34.7 Å². The number of aromatic nitrogens is 1. The number of carbonyl (C=O) groups excluding carboxylic acids is 1. The highest BCUT2D eigenvalue weighted by atomic mass is 32.2. The Bertz CT molecular complexity index is 981. The summed E-state index contributed by atoms with van der Waals surface area (Å²) >= 11 is 3.40. The Hall–Kier alpha value is -2.19. The molecule has 2 heterocycles. The molecule has 1 aromatic heterocycles. The molecule has 4 rings (SSSR count). The lowest BCUT2D eigenvalue weighted by Crippen LogP contribution is -2.37. The molecule has 1 saturated heterocycles. The van der Waals surface area contributed by atoms with Gasteiger partial charge in [0, 0.05) is 46.9 Å². The molecular weight excluding hydrogens is 426 g/mol. The topological polar surface area (TPSA) is 54.5 Å². The summed E-state index contributed by atoms with van der Waals surface area (Å²) in [5.74, 6) is 0.751. The van der Waals surface area contributed by atoms with E-state index in [0.29, 0.717) is 5.56 Å². The van der Waals surface area contributed by atoms with E-state index in [1.165, 1.54) is 5.56 Å². The maximum absolute atomic E-state index is 12.6. The van der Waals surface area contributed by atoms with Crippen LogP contribution in [0.15, 0.2) is 58.8 Å². The van der Waals surface area contributed by atoms with E-state index >= 15 is 0 Å². The molecule has 31 heavy (non-hydrogen) atoms. The third kappa shape index (κ3) is 6.64. The Morgan fingerprint density at radius 3 is 2.55 bits per heavy atom. The highest BCUT2D eigenvalue weighted by molar-refractivity contribution is 7.98. The quantitative estimate of drug-likeness (QED) is 0.493. The molecule has 7 heteroatoms. The third-order valence-electron chi connectivity index (χ3n) is 5.20. The van der Waals surface area contributed by atoms with Gasteiger partial charge in [0.25, 0.3) is 5.91 Å². The first-order valence-corrected chi connectivity index (χ1v) is 12.4. The molecule has 3 aromatic rings. The minimum atomic E-state index is -0.0901. The van der Waals surface area contributed by atoms with Gasteiger partial charge in [0.1, 0.15) is 0 Å². The first-order valence-electron chi connectivity index (χ1n) is 10.5. The molecule has 1 fully saturated rings. The molecule has 162 valence electrons. The van der Waals surface area contributed by atoms with Crippen LogP contribution in [0.25, 0.3) is 0 Å². The van der Waals surface area contributed by atoms with Crippen LogP contribution in [0.3, 0.4) is 0 Å². The Labute approximate surface area is 191 Å². The van der Waals surface area contributed by atoms with Crippen LogP contribution < -0.4 is 5.32 Å². The number of aryl methyl sites for hydroxylation is 1. The van der Waals surface area contributed by atoms with Crippen LogP contribution in [0.5, 0.6) is 0 Å². The molecule has 1 aliphatic heterocycles. The summed E-state index contributed by atoms with van der Waals surface area (Å²) in [6.07, 6.45) is 1.01. The number of morpholine rings is 1. The van der Waals surface area contributed by atoms with Crippen LogP contribution >= 0.6 is 23.1 Å². The number of thioether (sulfide) groups is 1. The highest BCUT2D eigenvalue weighted by Crippen LogP contribution is 2.24. The van der Waals surface area contributed by atoms with Crippen molar-refractivity contribution in [3.63, 3.8) is 0 Å². The number of nitrogens with one attached hydrogen (secondary N) is 1. The zero-order valence-electron chi connectivity index (χ0n) is 17.7. The maximum Gasteiger partial charge on any atom is 0.255 e. The van der Waals surface area contributed by atoms with Crippen molar-refractivity contribution in [2.24, 2.45) is 0 Å². The summed E-state index contributed by atoms with van der Waals surface area (Å²) in [6.45, 7) is 6.74. The van der Waals surface area contributed by atoms with Crippen molar-refractivity contribution in [2.45, 2.75) is 24.0 Å². The predicted molar refractivity (Wildman–Crippen MR) is 128 cm³/mol. The number of hydrogen-bond donors (Lipinski definition) is 1. The van der Waals surface area contributed by atoms with Gasteiger partial charge in [-0.25, -0.2) is 4.98 Å². The average Bonchev–Trinajstić information content (AvgIpc) is 3.23. The first kappa shape index (κ1) is 22.0. The lowest BCUT2D eigenvalue weighted by molar-refractivity contribution is 0.0384. The van der Waals surface area contributed by atoms with Gasteiger partial charge in [-0.2, -0.15) is 0 Å². The number of benzene rings is 2. The van der Waals surface area contributed by atoms with Gasteiger partial charge in [-0.15, -0.1) is 23.1 Å². The molecule has 0 radical (unpaired) electrons. The molecule has 0 spiro atoms. The number of hydrogen-bond acceptors (Lipinski definition) is 6. The van der Waals surface area contributed by atoms with Crippen LogP contribution in [-0.4, -0.2) is 48.6 Å². The number of nitrogens with zero attached hydrogens (tertiary/aromatic N) is 2. The van der Waals surface area contributed by atoms with Crippen LogP contribution in [0.2, 0.25) is 0 Å².